The van der Waals surface area contributed by atoms with Crippen LogP contribution in [0.1, 0.15) is 22.4 Å². The van der Waals surface area contributed by atoms with Gasteiger partial charge in [0.1, 0.15) is 11.5 Å². The number of ether oxygens (including phenoxy) is 4. The molecule has 0 radical (unpaired) electrons. The van der Waals surface area contributed by atoms with Crippen LogP contribution in [0.15, 0.2) is 90.4 Å². The fraction of sp³-hybridized carbons (Fsp3) is 0.250. The quantitative estimate of drug-likeness (QED) is 0.142. The van der Waals surface area contributed by atoms with Crippen LogP contribution in [0.2, 0.25) is 0 Å². The van der Waals surface area contributed by atoms with Gasteiger partial charge in [-0.3, -0.25) is 4.98 Å². The lowest BCUT2D eigenvalue weighted by atomic mass is 10.1. The van der Waals surface area contributed by atoms with E-state index >= 15 is 0 Å². The summed E-state index contributed by atoms with van der Waals surface area (Å²) in [5.74, 6) is 1.67. The van der Waals surface area contributed by atoms with Crippen LogP contribution in [0.25, 0.3) is 10.9 Å². The van der Waals surface area contributed by atoms with E-state index in [9.17, 15) is 0 Å². The number of nitrogens with zero attached hydrogens (tertiary/aromatic N) is 3. The minimum atomic E-state index is 0.438. The number of hydrogen-bond donors (Lipinski definition) is 0. The van der Waals surface area contributed by atoms with Crippen molar-refractivity contribution in [2.75, 3.05) is 32.3 Å². The van der Waals surface area contributed by atoms with E-state index in [4.69, 9.17) is 23.9 Å². The Labute approximate surface area is 238 Å². The van der Waals surface area contributed by atoms with Gasteiger partial charge < -0.3 is 23.8 Å². The molecule has 5 rings (SSSR count). The molecule has 0 aliphatic rings. The summed E-state index contributed by atoms with van der Waals surface area (Å²) in [6.45, 7) is 3.38. The van der Waals surface area contributed by atoms with Crippen LogP contribution in [-0.2, 0) is 35.8 Å². The molecule has 3 aromatic carbocycles. The smallest absolute Gasteiger partial charge is 0.186 e. The highest BCUT2D eigenvalue weighted by atomic mass is 32.1. The van der Waals surface area contributed by atoms with Crippen molar-refractivity contribution in [1.82, 2.24) is 9.97 Å². The molecular weight excluding hydrogens is 522 g/mol. The van der Waals surface area contributed by atoms with Crippen LogP contribution in [-0.4, -0.2) is 37.4 Å². The minimum absolute atomic E-state index is 0.438. The topological polar surface area (TPSA) is 65.9 Å². The summed E-state index contributed by atoms with van der Waals surface area (Å²) in [7, 11) is 3.36. The van der Waals surface area contributed by atoms with Gasteiger partial charge in [-0.2, -0.15) is 0 Å². The highest BCUT2D eigenvalue weighted by Crippen LogP contribution is 2.27. The molecule has 0 saturated heterocycles. The van der Waals surface area contributed by atoms with Gasteiger partial charge in [-0.15, -0.1) is 11.3 Å². The average Bonchev–Trinajstić information content (AvgIpc) is 3.47. The van der Waals surface area contributed by atoms with Gasteiger partial charge in [0.2, 0.25) is 0 Å². The summed E-state index contributed by atoms with van der Waals surface area (Å²) in [5.41, 5.74) is 5.33. The molecule has 0 amide bonds. The van der Waals surface area contributed by atoms with Gasteiger partial charge in [0, 0.05) is 30.1 Å². The van der Waals surface area contributed by atoms with Gasteiger partial charge in [-0.05, 0) is 59.2 Å². The second kappa shape index (κ2) is 13.9. The zero-order valence-electron chi connectivity index (χ0n) is 22.8. The molecule has 206 valence electrons. The van der Waals surface area contributed by atoms with E-state index in [1.807, 2.05) is 48.7 Å². The first-order valence-corrected chi connectivity index (χ1v) is 14.0. The third-order valence-electron chi connectivity index (χ3n) is 6.38. The van der Waals surface area contributed by atoms with Crippen LogP contribution in [0.4, 0.5) is 5.13 Å². The molecule has 5 aromatic rings. The third-order valence-corrected chi connectivity index (χ3v) is 7.33. The monoisotopic (exact) mass is 555 g/mol. The number of fused-ring (bicyclic) bond motifs is 1. The second-order valence-electron chi connectivity index (χ2n) is 9.32. The zero-order chi connectivity index (χ0) is 27.6. The van der Waals surface area contributed by atoms with E-state index in [0.29, 0.717) is 39.5 Å². The Morgan fingerprint density at radius 3 is 2.20 bits per heavy atom. The van der Waals surface area contributed by atoms with E-state index in [1.54, 1.807) is 25.6 Å². The molecule has 2 aromatic heterocycles. The Hall–Kier alpha value is -3.98. The number of aromatic nitrogens is 2. The van der Waals surface area contributed by atoms with Crippen molar-refractivity contribution in [2.45, 2.75) is 26.3 Å². The molecule has 0 atom stereocenters. The lowest BCUT2D eigenvalue weighted by molar-refractivity contribution is 0.0330. The molecular formula is C32H33N3O4S. The van der Waals surface area contributed by atoms with Crippen LogP contribution >= 0.6 is 11.3 Å². The number of thiazole rings is 1. The number of methoxy groups -OCH3 is 2. The van der Waals surface area contributed by atoms with E-state index in [2.05, 4.69) is 51.7 Å². The molecule has 8 heteroatoms. The van der Waals surface area contributed by atoms with Gasteiger partial charge in [-0.1, -0.05) is 36.4 Å². The Morgan fingerprint density at radius 2 is 1.43 bits per heavy atom. The lowest BCUT2D eigenvalue weighted by Crippen LogP contribution is -2.22. The molecule has 0 unspecified atom stereocenters. The van der Waals surface area contributed by atoms with Crippen LogP contribution in [0, 0.1) is 0 Å². The van der Waals surface area contributed by atoms with Crippen molar-refractivity contribution in [3.8, 4) is 11.5 Å². The normalized spacial score (nSPS) is 11.1. The summed E-state index contributed by atoms with van der Waals surface area (Å²) < 4.78 is 22.3. The van der Waals surface area contributed by atoms with Gasteiger partial charge in [0.15, 0.2) is 5.13 Å². The third kappa shape index (κ3) is 7.57. The van der Waals surface area contributed by atoms with Gasteiger partial charge in [0.25, 0.3) is 0 Å². The van der Waals surface area contributed by atoms with E-state index in [-0.39, 0.29) is 0 Å². The molecule has 0 spiro atoms. The number of anilines is 1. The maximum absolute atomic E-state index is 5.86. The first-order chi connectivity index (χ1) is 19.7. The molecule has 40 heavy (non-hydrogen) atoms. The Kier molecular flexibility index (Phi) is 9.58. The summed E-state index contributed by atoms with van der Waals surface area (Å²) in [6.07, 6.45) is 1.82. The number of pyridine rings is 1. The first kappa shape index (κ1) is 27.6. The van der Waals surface area contributed by atoms with Crippen molar-refractivity contribution >= 4 is 27.4 Å². The Bertz CT molecular complexity index is 1520. The van der Waals surface area contributed by atoms with Gasteiger partial charge >= 0.3 is 0 Å². The van der Waals surface area contributed by atoms with Crippen molar-refractivity contribution in [3.05, 3.63) is 113 Å². The van der Waals surface area contributed by atoms with Crippen molar-refractivity contribution in [2.24, 2.45) is 0 Å². The molecule has 0 bridgehead atoms. The SMILES string of the molecule is COc1cccc(COCCOCc2csc(N(Cc3cccc(OC)c3)Cc3ccc4ncccc4c3)n2)c1. The molecule has 0 saturated carbocycles. The number of rotatable bonds is 14. The molecule has 0 aliphatic carbocycles. The molecule has 2 heterocycles. The summed E-state index contributed by atoms with van der Waals surface area (Å²) in [5, 5.41) is 4.14. The Morgan fingerprint density at radius 1 is 0.725 bits per heavy atom. The standard InChI is InChI=1S/C32H33N3O4S/c1-36-29-9-3-6-24(17-29)19-35(20-25-11-12-31-27(16-25)8-5-13-33-31)32-34-28(23-40-32)22-39-15-14-38-21-26-7-4-10-30(18-26)37-2/h3-13,16-18,23H,14-15,19-22H2,1-2H3. The zero-order valence-corrected chi connectivity index (χ0v) is 23.6. The van der Waals surface area contributed by atoms with Gasteiger partial charge in [-0.25, -0.2) is 4.98 Å². The molecule has 0 N–H and O–H groups in total. The van der Waals surface area contributed by atoms with E-state index in [0.717, 1.165) is 44.4 Å². The van der Waals surface area contributed by atoms with Crippen molar-refractivity contribution < 1.29 is 18.9 Å². The minimum Gasteiger partial charge on any atom is -0.497 e. The lowest BCUT2D eigenvalue weighted by Gasteiger charge is -2.22. The maximum Gasteiger partial charge on any atom is 0.186 e. The highest BCUT2D eigenvalue weighted by molar-refractivity contribution is 7.13. The molecule has 0 fully saturated rings. The number of hydrogen-bond acceptors (Lipinski definition) is 8. The van der Waals surface area contributed by atoms with Crippen LogP contribution < -0.4 is 14.4 Å². The second-order valence-corrected chi connectivity index (χ2v) is 10.2. The summed E-state index contributed by atoms with van der Waals surface area (Å²) >= 11 is 1.63. The maximum atomic E-state index is 5.86. The van der Waals surface area contributed by atoms with Gasteiger partial charge in [0.05, 0.1) is 51.9 Å². The summed E-state index contributed by atoms with van der Waals surface area (Å²) in [6, 6.07) is 26.5. The van der Waals surface area contributed by atoms with Crippen molar-refractivity contribution in [3.63, 3.8) is 0 Å². The average molecular weight is 556 g/mol. The van der Waals surface area contributed by atoms with Crippen molar-refractivity contribution in [1.29, 1.82) is 0 Å². The first-order valence-electron chi connectivity index (χ1n) is 13.1. The van der Waals surface area contributed by atoms with E-state index < -0.39 is 0 Å². The fourth-order valence-electron chi connectivity index (χ4n) is 4.38. The van der Waals surface area contributed by atoms with E-state index in [1.165, 1.54) is 5.56 Å². The largest absolute Gasteiger partial charge is 0.497 e. The highest BCUT2D eigenvalue weighted by Gasteiger charge is 2.14. The molecule has 0 aliphatic heterocycles. The Balaban J connectivity index is 1.20. The van der Waals surface area contributed by atoms with Crippen LogP contribution in [0.5, 0.6) is 11.5 Å². The number of benzene rings is 3. The fourth-order valence-corrected chi connectivity index (χ4v) is 5.19. The summed E-state index contributed by atoms with van der Waals surface area (Å²) in [4.78, 5) is 11.7. The van der Waals surface area contributed by atoms with Crippen LogP contribution in [0.3, 0.4) is 0 Å². The predicted octanol–water partition coefficient (Wildman–Crippen LogP) is 6.65. The predicted molar refractivity (Wildman–Crippen MR) is 159 cm³/mol. The molecule has 7 nitrogen and oxygen atoms in total.